The Morgan fingerprint density at radius 1 is 1.47 bits per heavy atom. The maximum atomic E-state index is 5.89. The molecule has 0 saturated heterocycles. The van der Waals surface area contributed by atoms with Crippen LogP contribution in [0.4, 0.5) is 17.2 Å². The third kappa shape index (κ3) is 3.49. The van der Waals surface area contributed by atoms with Gasteiger partial charge in [-0.1, -0.05) is 12.7 Å². The van der Waals surface area contributed by atoms with Crippen molar-refractivity contribution in [2.75, 3.05) is 37.0 Å². The second-order valence-electron chi connectivity index (χ2n) is 3.76. The van der Waals surface area contributed by atoms with E-state index in [0.29, 0.717) is 23.9 Å². The van der Waals surface area contributed by atoms with Gasteiger partial charge in [0, 0.05) is 12.6 Å². The molecule has 0 aliphatic heterocycles. The van der Waals surface area contributed by atoms with Crippen LogP contribution in [0.5, 0.6) is 0 Å². The number of nitrogens with two attached hydrogens (primary N) is 2. The summed E-state index contributed by atoms with van der Waals surface area (Å²) in [5.41, 5.74) is 13.5. The highest BCUT2D eigenvalue weighted by molar-refractivity contribution is 5.77. The third-order valence-corrected chi connectivity index (χ3v) is 2.26. The highest BCUT2D eigenvalue weighted by Gasteiger charge is 2.07. The van der Waals surface area contributed by atoms with Crippen molar-refractivity contribution in [2.24, 2.45) is 0 Å². The van der Waals surface area contributed by atoms with Gasteiger partial charge in [0.1, 0.15) is 5.82 Å². The lowest BCUT2D eigenvalue weighted by molar-refractivity contribution is 0.398. The molecule has 0 aliphatic carbocycles. The van der Waals surface area contributed by atoms with Crippen LogP contribution in [-0.2, 0) is 0 Å². The van der Waals surface area contributed by atoms with Crippen molar-refractivity contribution in [2.45, 2.75) is 0 Å². The van der Waals surface area contributed by atoms with Crippen molar-refractivity contribution in [3.63, 3.8) is 0 Å². The molecule has 0 aromatic carbocycles. The molecule has 1 heterocycles. The summed E-state index contributed by atoms with van der Waals surface area (Å²) in [7, 11) is 1.98. The normalized spacial score (nSPS) is 10.2. The average Bonchev–Trinajstić information content (AvgIpc) is 2.27. The summed E-state index contributed by atoms with van der Waals surface area (Å²) in [6.07, 6.45) is 3.46. The molecule has 5 heteroatoms. The van der Waals surface area contributed by atoms with Crippen LogP contribution in [0, 0.1) is 0 Å². The van der Waals surface area contributed by atoms with E-state index in [4.69, 9.17) is 11.5 Å². The van der Waals surface area contributed by atoms with Gasteiger partial charge in [-0.2, -0.15) is 0 Å². The molecule has 0 amide bonds. The lowest BCUT2D eigenvalue weighted by Crippen LogP contribution is -2.26. The lowest BCUT2D eigenvalue weighted by atomic mass is 10.2. The van der Waals surface area contributed by atoms with E-state index in [-0.39, 0.29) is 0 Å². The van der Waals surface area contributed by atoms with Gasteiger partial charge in [0.15, 0.2) is 0 Å². The van der Waals surface area contributed by atoms with Crippen LogP contribution < -0.4 is 16.8 Å². The Morgan fingerprint density at radius 2 is 2.18 bits per heavy atom. The first-order valence-corrected chi connectivity index (χ1v) is 5.30. The molecule has 1 aromatic heterocycles. The number of likely N-dealkylation sites (N-methyl/N-ethyl adjacent to an activating group) is 1. The second kappa shape index (κ2) is 5.91. The molecule has 0 aliphatic rings. The third-order valence-electron chi connectivity index (χ3n) is 2.26. The predicted octanol–water partition coefficient (Wildman–Crippen LogP) is 1.38. The van der Waals surface area contributed by atoms with Crippen molar-refractivity contribution in [3.05, 3.63) is 31.0 Å². The number of aromatic nitrogens is 1. The van der Waals surface area contributed by atoms with E-state index in [2.05, 4.69) is 28.4 Å². The maximum Gasteiger partial charge on any atom is 0.126 e. The first-order chi connectivity index (χ1) is 8.08. The molecular formula is C12H19N5. The van der Waals surface area contributed by atoms with E-state index in [1.165, 1.54) is 0 Å². The van der Waals surface area contributed by atoms with Gasteiger partial charge in [0.05, 0.1) is 23.7 Å². The zero-order valence-corrected chi connectivity index (χ0v) is 10.1. The Balaban J connectivity index is 2.82. The largest absolute Gasteiger partial charge is 0.397 e. The van der Waals surface area contributed by atoms with E-state index in [1.54, 1.807) is 12.1 Å². The number of hydrogen-bond acceptors (Lipinski definition) is 5. The van der Waals surface area contributed by atoms with Crippen molar-refractivity contribution >= 4 is 23.3 Å². The van der Waals surface area contributed by atoms with Crippen molar-refractivity contribution in [1.29, 1.82) is 0 Å². The molecule has 1 rings (SSSR count). The number of nitrogens with zero attached hydrogens (tertiary/aromatic N) is 2. The minimum atomic E-state index is 0.391. The smallest absolute Gasteiger partial charge is 0.126 e. The quantitative estimate of drug-likeness (QED) is 0.511. The molecule has 0 spiro atoms. The van der Waals surface area contributed by atoms with E-state index in [9.17, 15) is 0 Å². The molecule has 0 bridgehead atoms. The van der Waals surface area contributed by atoms with Gasteiger partial charge in [0.2, 0.25) is 0 Å². The SMILES string of the molecule is C=CCN(C)CNc1c(N)cc(N)nc1C=C. The first kappa shape index (κ1) is 13.1. The molecule has 92 valence electrons. The van der Waals surface area contributed by atoms with Crippen molar-refractivity contribution < 1.29 is 0 Å². The van der Waals surface area contributed by atoms with Gasteiger partial charge >= 0.3 is 0 Å². The van der Waals surface area contributed by atoms with Gasteiger partial charge in [-0.05, 0) is 13.1 Å². The molecule has 0 unspecified atom stereocenters. The Hall–Kier alpha value is -2.01. The van der Waals surface area contributed by atoms with Gasteiger partial charge < -0.3 is 16.8 Å². The molecule has 1 aromatic rings. The highest BCUT2D eigenvalue weighted by atomic mass is 15.2. The Labute approximate surface area is 102 Å². The summed E-state index contributed by atoms with van der Waals surface area (Å²) in [6, 6.07) is 1.63. The number of nitrogens with one attached hydrogen (secondary N) is 1. The summed E-state index contributed by atoms with van der Waals surface area (Å²) in [4.78, 5) is 6.21. The van der Waals surface area contributed by atoms with Crippen LogP contribution in [0.25, 0.3) is 6.08 Å². The second-order valence-corrected chi connectivity index (χ2v) is 3.76. The van der Waals surface area contributed by atoms with Gasteiger partial charge in [-0.25, -0.2) is 4.98 Å². The van der Waals surface area contributed by atoms with Crippen LogP contribution >= 0.6 is 0 Å². The fraction of sp³-hybridized carbons (Fsp3) is 0.250. The summed E-state index contributed by atoms with van der Waals surface area (Å²) in [5, 5.41) is 3.21. The number of anilines is 3. The molecule has 0 atom stereocenters. The Morgan fingerprint density at radius 3 is 2.76 bits per heavy atom. The lowest BCUT2D eigenvalue weighted by Gasteiger charge is -2.18. The summed E-state index contributed by atoms with van der Waals surface area (Å²) < 4.78 is 0. The average molecular weight is 233 g/mol. The van der Waals surface area contributed by atoms with Gasteiger partial charge in [-0.3, -0.25) is 4.90 Å². The summed E-state index contributed by atoms with van der Waals surface area (Å²) >= 11 is 0. The molecule has 0 saturated carbocycles. The van der Waals surface area contributed by atoms with Crippen molar-refractivity contribution in [1.82, 2.24) is 9.88 Å². The van der Waals surface area contributed by atoms with E-state index >= 15 is 0 Å². The number of hydrogen-bond donors (Lipinski definition) is 3. The number of nitrogen functional groups attached to an aromatic ring is 2. The maximum absolute atomic E-state index is 5.89. The predicted molar refractivity (Wildman–Crippen MR) is 74.5 cm³/mol. The molecule has 17 heavy (non-hydrogen) atoms. The van der Waals surface area contributed by atoms with E-state index in [0.717, 1.165) is 12.2 Å². The Bertz CT molecular complexity index is 414. The van der Waals surface area contributed by atoms with Crippen LogP contribution in [0.3, 0.4) is 0 Å². The van der Waals surface area contributed by atoms with E-state index in [1.807, 2.05) is 13.1 Å². The van der Waals surface area contributed by atoms with Crippen LogP contribution in [0.2, 0.25) is 0 Å². The molecular weight excluding hydrogens is 214 g/mol. The standard InChI is InChI=1S/C12H19N5/c1-4-6-17(3)8-15-12-9(13)7-11(14)16-10(12)5-2/h4-5,7,15H,1-2,6,8H2,3H3,(H4,13,14,16). The topological polar surface area (TPSA) is 80.2 Å². The minimum Gasteiger partial charge on any atom is -0.397 e. The Kier molecular flexibility index (Phi) is 4.54. The molecule has 5 nitrogen and oxygen atoms in total. The van der Waals surface area contributed by atoms with Crippen LogP contribution in [0.15, 0.2) is 25.3 Å². The minimum absolute atomic E-state index is 0.391. The highest BCUT2D eigenvalue weighted by Crippen LogP contribution is 2.24. The summed E-state index contributed by atoms with van der Waals surface area (Å²) in [6.45, 7) is 8.81. The monoisotopic (exact) mass is 233 g/mol. The van der Waals surface area contributed by atoms with Gasteiger partial charge in [-0.15, -0.1) is 6.58 Å². The fourth-order valence-corrected chi connectivity index (χ4v) is 1.45. The zero-order valence-electron chi connectivity index (χ0n) is 10.1. The first-order valence-electron chi connectivity index (χ1n) is 5.30. The van der Waals surface area contributed by atoms with Crippen molar-refractivity contribution in [3.8, 4) is 0 Å². The molecule has 0 fully saturated rings. The fourth-order valence-electron chi connectivity index (χ4n) is 1.45. The molecule has 0 radical (unpaired) electrons. The summed E-state index contributed by atoms with van der Waals surface area (Å²) in [5.74, 6) is 0.391. The molecule has 5 N–H and O–H groups in total. The van der Waals surface area contributed by atoms with E-state index < -0.39 is 0 Å². The van der Waals surface area contributed by atoms with Gasteiger partial charge in [0.25, 0.3) is 0 Å². The van der Waals surface area contributed by atoms with Crippen LogP contribution in [-0.4, -0.2) is 30.1 Å². The zero-order chi connectivity index (χ0) is 12.8. The number of rotatable bonds is 6. The van der Waals surface area contributed by atoms with Crippen LogP contribution in [0.1, 0.15) is 5.69 Å². The number of pyridine rings is 1.